The molecule has 0 aromatic rings. The fourth-order valence-electron chi connectivity index (χ4n) is 1.95. The molecule has 0 bridgehead atoms. The number of hydrogen-bond donors (Lipinski definition) is 3. The van der Waals surface area contributed by atoms with Crippen LogP contribution in [0.2, 0.25) is 0 Å². The van der Waals surface area contributed by atoms with Crippen LogP contribution in [0.5, 0.6) is 0 Å². The first-order valence-corrected chi connectivity index (χ1v) is 5.35. The summed E-state index contributed by atoms with van der Waals surface area (Å²) >= 11 is 0. The van der Waals surface area contributed by atoms with Crippen LogP contribution in [0, 0.1) is 0 Å². The van der Waals surface area contributed by atoms with Crippen molar-refractivity contribution in [3.8, 4) is 0 Å². The van der Waals surface area contributed by atoms with Gasteiger partial charge in [0.1, 0.15) is 0 Å². The predicted octanol–water partition coefficient (Wildman–Crippen LogP) is 0.0172. The van der Waals surface area contributed by atoms with Crippen molar-refractivity contribution in [2.24, 2.45) is 0 Å². The molecule has 82 valence electrons. The zero-order valence-corrected chi connectivity index (χ0v) is 8.81. The lowest BCUT2D eigenvalue weighted by molar-refractivity contribution is -0.122. The van der Waals surface area contributed by atoms with Gasteiger partial charge in [-0.15, -0.1) is 0 Å². The highest BCUT2D eigenvalue weighted by Crippen LogP contribution is 2.28. The van der Waals surface area contributed by atoms with Gasteiger partial charge in [0.2, 0.25) is 5.91 Å². The monoisotopic (exact) mass is 200 g/mol. The van der Waals surface area contributed by atoms with Crippen molar-refractivity contribution in [2.45, 2.75) is 38.1 Å². The van der Waals surface area contributed by atoms with Gasteiger partial charge in [-0.25, -0.2) is 0 Å². The quantitative estimate of drug-likeness (QED) is 0.586. The first-order valence-electron chi connectivity index (χ1n) is 5.35. The molecule has 0 atom stereocenters. The summed E-state index contributed by atoms with van der Waals surface area (Å²) in [6.45, 7) is 3.16. The van der Waals surface area contributed by atoms with Crippen molar-refractivity contribution in [1.29, 1.82) is 0 Å². The third kappa shape index (κ3) is 2.96. The molecule has 1 fully saturated rings. The second-order valence-electron chi connectivity index (χ2n) is 3.97. The molecule has 0 aromatic carbocycles. The average molecular weight is 200 g/mol. The van der Waals surface area contributed by atoms with E-state index in [9.17, 15) is 9.90 Å². The van der Waals surface area contributed by atoms with Crippen LogP contribution in [-0.2, 0) is 4.79 Å². The number of aliphatic hydroxyl groups is 1. The number of likely N-dealkylation sites (N-methyl/N-ethyl adjacent to an activating group) is 1. The molecule has 0 spiro atoms. The van der Waals surface area contributed by atoms with Crippen molar-refractivity contribution in [2.75, 3.05) is 19.7 Å². The minimum absolute atomic E-state index is 0.0113. The Hall–Kier alpha value is -0.610. The SMILES string of the molecule is CCNCC(=O)NC1(CO)CCCC1. The predicted molar refractivity (Wildman–Crippen MR) is 55.0 cm³/mol. The lowest BCUT2D eigenvalue weighted by Gasteiger charge is -2.27. The molecule has 0 radical (unpaired) electrons. The van der Waals surface area contributed by atoms with Crippen LogP contribution in [0.15, 0.2) is 0 Å². The molecule has 1 rings (SSSR count). The van der Waals surface area contributed by atoms with Crippen molar-refractivity contribution in [1.82, 2.24) is 10.6 Å². The fourth-order valence-corrected chi connectivity index (χ4v) is 1.95. The number of carbonyl (C=O) groups excluding carboxylic acids is 1. The van der Waals surface area contributed by atoms with Gasteiger partial charge in [0.05, 0.1) is 18.7 Å². The van der Waals surface area contributed by atoms with E-state index in [0.717, 1.165) is 32.2 Å². The Morgan fingerprint density at radius 1 is 1.43 bits per heavy atom. The normalized spacial score (nSPS) is 19.6. The lowest BCUT2D eigenvalue weighted by atomic mass is 9.99. The van der Waals surface area contributed by atoms with E-state index in [1.807, 2.05) is 6.92 Å². The maximum absolute atomic E-state index is 11.4. The van der Waals surface area contributed by atoms with Crippen LogP contribution in [0.4, 0.5) is 0 Å². The van der Waals surface area contributed by atoms with Crippen LogP contribution in [0.3, 0.4) is 0 Å². The van der Waals surface area contributed by atoms with Crippen LogP contribution in [0.1, 0.15) is 32.6 Å². The summed E-state index contributed by atoms with van der Waals surface area (Å²) in [5, 5.41) is 15.2. The van der Waals surface area contributed by atoms with E-state index in [0.29, 0.717) is 6.54 Å². The number of carbonyl (C=O) groups is 1. The Balaban J connectivity index is 2.36. The number of amides is 1. The molecule has 1 aliphatic rings. The summed E-state index contributed by atoms with van der Waals surface area (Å²) < 4.78 is 0. The van der Waals surface area contributed by atoms with Gasteiger partial charge in [0, 0.05) is 0 Å². The third-order valence-electron chi connectivity index (χ3n) is 2.80. The summed E-state index contributed by atoms with van der Waals surface area (Å²) in [7, 11) is 0. The Bertz CT molecular complexity index is 189. The molecule has 0 aromatic heterocycles. The number of hydrogen-bond acceptors (Lipinski definition) is 3. The summed E-state index contributed by atoms with van der Waals surface area (Å²) in [5.41, 5.74) is -0.327. The molecule has 1 aliphatic carbocycles. The Labute approximate surface area is 85.1 Å². The minimum Gasteiger partial charge on any atom is -0.394 e. The van der Waals surface area contributed by atoms with Crippen LogP contribution in [-0.4, -0.2) is 36.2 Å². The molecule has 4 heteroatoms. The van der Waals surface area contributed by atoms with Gasteiger partial charge >= 0.3 is 0 Å². The molecule has 0 aliphatic heterocycles. The molecule has 1 amide bonds. The van der Waals surface area contributed by atoms with E-state index in [4.69, 9.17) is 0 Å². The summed E-state index contributed by atoms with van der Waals surface area (Å²) in [4.78, 5) is 11.4. The second kappa shape index (κ2) is 5.32. The number of nitrogens with one attached hydrogen (secondary N) is 2. The summed E-state index contributed by atoms with van der Waals surface area (Å²) in [6, 6.07) is 0. The van der Waals surface area contributed by atoms with Crippen LogP contribution in [0.25, 0.3) is 0 Å². The maximum atomic E-state index is 11.4. The number of aliphatic hydroxyl groups excluding tert-OH is 1. The average Bonchev–Trinajstić information content (AvgIpc) is 2.64. The van der Waals surface area contributed by atoms with Gasteiger partial charge in [-0.3, -0.25) is 4.79 Å². The van der Waals surface area contributed by atoms with Gasteiger partial charge in [-0.1, -0.05) is 19.8 Å². The van der Waals surface area contributed by atoms with E-state index in [-0.39, 0.29) is 18.1 Å². The molecule has 0 saturated heterocycles. The summed E-state index contributed by atoms with van der Waals surface area (Å²) in [5.74, 6) is -0.0113. The van der Waals surface area contributed by atoms with E-state index < -0.39 is 0 Å². The second-order valence-corrected chi connectivity index (χ2v) is 3.97. The maximum Gasteiger partial charge on any atom is 0.234 e. The van der Waals surface area contributed by atoms with E-state index in [2.05, 4.69) is 10.6 Å². The van der Waals surface area contributed by atoms with Gasteiger partial charge in [0.15, 0.2) is 0 Å². The molecule has 4 nitrogen and oxygen atoms in total. The Morgan fingerprint density at radius 2 is 2.07 bits per heavy atom. The molecule has 0 unspecified atom stereocenters. The lowest BCUT2D eigenvalue weighted by Crippen LogP contribution is -2.51. The highest BCUT2D eigenvalue weighted by atomic mass is 16.3. The first kappa shape index (κ1) is 11.5. The Kier molecular flexibility index (Phi) is 4.35. The van der Waals surface area contributed by atoms with Crippen LogP contribution < -0.4 is 10.6 Å². The topological polar surface area (TPSA) is 61.4 Å². The molecule has 1 saturated carbocycles. The van der Waals surface area contributed by atoms with Crippen LogP contribution >= 0.6 is 0 Å². The van der Waals surface area contributed by atoms with Crippen molar-refractivity contribution in [3.63, 3.8) is 0 Å². The first-order chi connectivity index (χ1) is 6.72. The van der Waals surface area contributed by atoms with E-state index in [1.54, 1.807) is 0 Å². The largest absolute Gasteiger partial charge is 0.394 e. The van der Waals surface area contributed by atoms with Gasteiger partial charge in [-0.05, 0) is 19.4 Å². The highest BCUT2D eigenvalue weighted by Gasteiger charge is 2.34. The molecule has 0 heterocycles. The van der Waals surface area contributed by atoms with Crippen molar-refractivity contribution < 1.29 is 9.90 Å². The highest BCUT2D eigenvalue weighted by molar-refractivity contribution is 5.78. The third-order valence-corrected chi connectivity index (χ3v) is 2.80. The zero-order chi connectivity index (χ0) is 10.4. The molecule has 14 heavy (non-hydrogen) atoms. The zero-order valence-electron chi connectivity index (χ0n) is 8.81. The molecular formula is C10H20N2O2. The van der Waals surface area contributed by atoms with E-state index >= 15 is 0 Å². The van der Waals surface area contributed by atoms with Gasteiger partial charge in [-0.2, -0.15) is 0 Å². The van der Waals surface area contributed by atoms with Gasteiger partial charge < -0.3 is 15.7 Å². The summed E-state index contributed by atoms with van der Waals surface area (Å²) in [6.07, 6.45) is 4.01. The van der Waals surface area contributed by atoms with Gasteiger partial charge in [0.25, 0.3) is 0 Å². The van der Waals surface area contributed by atoms with E-state index in [1.165, 1.54) is 0 Å². The van der Waals surface area contributed by atoms with Crippen molar-refractivity contribution >= 4 is 5.91 Å². The standard InChI is InChI=1S/C10H20N2O2/c1-2-11-7-9(14)12-10(8-13)5-3-4-6-10/h11,13H,2-8H2,1H3,(H,12,14). The van der Waals surface area contributed by atoms with Crippen molar-refractivity contribution in [3.05, 3.63) is 0 Å². The molecule has 3 N–H and O–H groups in total. The fraction of sp³-hybridized carbons (Fsp3) is 0.900. The minimum atomic E-state index is -0.327. The number of rotatable bonds is 5. The molecular weight excluding hydrogens is 180 g/mol. The smallest absolute Gasteiger partial charge is 0.234 e. The Morgan fingerprint density at radius 3 is 2.57 bits per heavy atom.